The van der Waals surface area contributed by atoms with Crippen molar-refractivity contribution >= 4 is 28.6 Å². The van der Waals surface area contributed by atoms with Crippen LogP contribution in [0.3, 0.4) is 0 Å². The summed E-state index contributed by atoms with van der Waals surface area (Å²) >= 11 is 3.35. The number of nitrogens with one attached hydrogen (secondary N) is 1. The lowest BCUT2D eigenvalue weighted by Gasteiger charge is -2.09. The molecule has 3 aromatic rings. The second-order valence-corrected chi connectivity index (χ2v) is 7.67. The zero-order valence-electron chi connectivity index (χ0n) is 13.1. The Morgan fingerprint density at radius 3 is 2.70 bits per heavy atom. The highest BCUT2D eigenvalue weighted by molar-refractivity contribution is 7.11. The van der Waals surface area contributed by atoms with Gasteiger partial charge in [0.25, 0.3) is 5.91 Å². The summed E-state index contributed by atoms with van der Waals surface area (Å²) in [6.07, 6.45) is 0.788. The third-order valence-electron chi connectivity index (χ3n) is 3.68. The maximum absolute atomic E-state index is 12.5. The first-order valence-corrected chi connectivity index (χ1v) is 9.14. The van der Waals surface area contributed by atoms with Crippen LogP contribution in [0.5, 0.6) is 0 Å². The van der Waals surface area contributed by atoms with Crippen molar-refractivity contribution in [3.63, 3.8) is 0 Å². The second-order valence-electron chi connectivity index (χ2n) is 5.35. The number of carbonyl (C=O) groups excluding carboxylic acids is 1. The van der Waals surface area contributed by atoms with Crippen LogP contribution in [0.1, 0.15) is 36.4 Å². The van der Waals surface area contributed by atoms with E-state index in [4.69, 9.17) is 0 Å². The minimum absolute atomic E-state index is 0.0392. The Morgan fingerprint density at radius 1 is 1.17 bits per heavy atom. The molecule has 23 heavy (non-hydrogen) atoms. The molecule has 118 valence electrons. The first kappa shape index (κ1) is 15.9. The molecule has 0 saturated carbocycles. The molecule has 0 aliphatic rings. The number of rotatable bonds is 5. The van der Waals surface area contributed by atoms with E-state index in [2.05, 4.69) is 28.7 Å². The summed E-state index contributed by atoms with van der Waals surface area (Å²) < 4.78 is 0. The predicted molar refractivity (Wildman–Crippen MR) is 96.3 cm³/mol. The third-order valence-corrected chi connectivity index (χ3v) is 5.63. The molecule has 5 heteroatoms. The largest absolute Gasteiger partial charge is 0.346 e. The summed E-state index contributed by atoms with van der Waals surface area (Å²) in [7, 11) is 0. The van der Waals surface area contributed by atoms with Crippen LogP contribution in [0.4, 0.5) is 0 Å². The van der Waals surface area contributed by atoms with Gasteiger partial charge < -0.3 is 5.32 Å². The van der Waals surface area contributed by atoms with E-state index >= 15 is 0 Å². The average Bonchev–Trinajstić information content (AvgIpc) is 3.16. The lowest BCUT2D eigenvalue weighted by atomic mass is 10.0. The SMILES string of the molecule is Cc1nc(CNC(=O)c2ccccc2Cc2cccs2)sc1C. The molecule has 0 unspecified atom stereocenters. The molecule has 0 atom stereocenters. The van der Waals surface area contributed by atoms with Crippen molar-refractivity contribution in [2.45, 2.75) is 26.8 Å². The summed E-state index contributed by atoms with van der Waals surface area (Å²) in [5.74, 6) is -0.0392. The Kier molecular flexibility index (Phi) is 4.88. The molecule has 2 aromatic heterocycles. The fourth-order valence-electron chi connectivity index (χ4n) is 2.36. The van der Waals surface area contributed by atoms with E-state index in [1.807, 2.05) is 37.3 Å². The normalized spacial score (nSPS) is 10.7. The van der Waals surface area contributed by atoms with Gasteiger partial charge in [0.1, 0.15) is 5.01 Å². The minimum Gasteiger partial charge on any atom is -0.346 e. The van der Waals surface area contributed by atoms with Gasteiger partial charge in [-0.2, -0.15) is 0 Å². The van der Waals surface area contributed by atoms with E-state index in [0.717, 1.165) is 28.2 Å². The molecular weight excluding hydrogens is 324 g/mol. The average molecular weight is 342 g/mol. The summed E-state index contributed by atoms with van der Waals surface area (Å²) in [5.41, 5.74) is 2.84. The molecule has 0 radical (unpaired) electrons. The highest BCUT2D eigenvalue weighted by Gasteiger charge is 2.12. The Bertz CT molecular complexity index is 787. The van der Waals surface area contributed by atoms with Gasteiger partial charge in [0, 0.05) is 21.7 Å². The lowest BCUT2D eigenvalue weighted by Crippen LogP contribution is -2.24. The molecule has 0 fully saturated rings. The van der Waals surface area contributed by atoms with E-state index in [0.29, 0.717) is 6.54 Å². The van der Waals surface area contributed by atoms with Gasteiger partial charge in [-0.1, -0.05) is 24.3 Å². The molecule has 2 heterocycles. The number of amides is 1. The smallest absolute Gasteiger partial charge is 0.251 e. The Hall–Kier alpha value is -1.98. The van der Waals surface area contributed by atoms with Gasteiger partial charge in [-0.25, -0.2) is 4.98 Å². The van der Waals surface area contributed by atoms with Crippen molar-refractivity contribution in [2.75, 3.05) is 0 Å². The van der Waals surface area contributed by atoms with Crippen LogP contribution >= 0.6 is 22.7 Å². The van der Waals surface area contributed by atoms with Gasteiger partial charge in [0.2, 0.25) is 0 Å². The standard InChI is InChI=1S/C18H18N2OS2/c1-12-13(2)23-17(20-12)11-19-18(21)16-8-4-3-6-14(16)10-15-7-5-9-22-15/h3-9H,10-11H2,1-2H3,(H,19,21). The van der Waals surface area contributed by atoms with Crippen molar-refractivity contribution in [1.82, 2.24) is 10.3 Å². The summed E-state index contributed by atoms with van der Waals surface area (Å²) in [4.78, 5) is 19.5. The molecule has 0 aliphatic carbocycles. The number of aromatic nitrogens is 1. The number of thiazole rings is 1. The number of nitrogens with zero attached hydrogens (tertiary/aromatic N) is 1. The Balaban J connectivity index is 1.71. The van der Waals surface area contributed by atoms with Gasteiger partial charge in [0.05, 0.1) is 12.2 Å². The van der Waals surface area contributed by atoms with Crippen molar-refractivity contribution in [1.29, 1.82) is 0 Å². The Morgan fingerprint density at radius 2 is 2.00 bits per heavy atom. The first-order chi connectivity index (χ1) is 11.1. The number of benzene rings is 1. The molecule has 0 bridgehead atoms. The van der Waals surface area contributed by atoms with Crippen LogP contribution in [0.15, 0.2) is 41.8 Å². The number of carbonyl (C=O) groups is 1. The van der Waals surface area contributed by atoms with E-state index < -0.39 is 0 Å². The third kappa shape index (κ3) is 3.86. The van der Waals surface area contributed by atoms with Gasteiger partial charge in [-0.05, 0) is 36.9 Å². The quantitative estimate of drug-likeness (QED) is 0.749. The molecule has 1 N–H and O–H groups in total. The van der Waals surface area contributed by atoms with Crippen molar-refractivity contribution in [3.05, 3.63) is 73.4 Å². The number of hydrogen-bond donors (Lipinski definition) is 1. The molecule has 0 aliphatic heterocycles. The van der Waals surface area contributed by atoms with Crippen LogP contribution in [0, 0.1) is 13.8 Å². The second kappa shape index (κ2) is 7.06. The topological polar surface area (TPSA) is 42.0 Å². The van der Waals surface area contributed by atoms with Crippen LogP contribution in [-0.2, 0) is 13.0 Å². The van der Waals surface area contributed by atoms with Crippen molar-refractivity contribution in [2.24, 2.45) is 0 Å². The Labute approximate surface area is 144 Å². The monoisotopic (exact) mass is 342 g/mol. The van der Waals surface area contributed by atoms with E-state index in [1.54, 1.807) is 22.7 Å². The molecule has 0 spiro atoms. The van der Waals surface area contributed by atoms with E-state index in [1.165, 1.54) is 9.75 Å². The van der Waals surface area contributed by atoms with Crippen molar-refractivity contribution < 1.29 is 4.79 Å². The van der Waals surface area contributed by atoms with Crippen LogP contribution in [-0.4, -0.2) is 10.9 Å². The molecule has 0 saturated heterocycles. The van der Waals surface area contributed by atoms with E-state index in [9.17, 15) is 4.79 Å². The maximum Gasteiger partial charge on any atom is 0.251 e. The molecule has 1 amide bonds. The highest BCUT2D eigenvalue weighted by Crippen LogP contribution is 2.19. The van der Waals surface area contributed by atoms with Crippen LogP contribution in [0.2, 0.25) is 0 Å². The molecule has 3 nitrogen and oxygen atoms in total. The summed E-state index contributed by atoms with van der Waals surface area (Å²) in [6.45, 7) is 4.52. The molecule has 1 aromatic carbocycles. The maximum atomic E-state index is 12.5. The fourth-order valence-corrected chi connectivity index (χ4v) is 3.96. The minimum atomic E-state index is -0.0392. The number of hydrogen-bond acceptors (Lipinski definition) is 4. The zero-order valence-corrected chi connectivity index (χ0v) is 14.8. The summed E-state index contributed by atoms with van der Waals surface area (Å²) in [5, 5.41) is 6.00. The predicted octanol–water partition coefficient (Wildman–Crippen LogP) is 4.34. The number of aryl methyl sites for hydroxylation is 2. The number of thiophene rings is 1. The van der Waals surface area contributed by atoms with Gasteiger partial charge in [-0.15, -0.1) is 22.7 Å². The summed E-state index contributed by atoms with van der Waals surface area (Å²) in [6, 6.07) is 11.9. The van der Waals surface area contributed by atoms with Gasteiger partial charge in [-0.3, -0.25) is 4.79 Å². The van der Waals surface area contributed by atoms with Gasteiger partial charge in [0.15, 0.2) is 0 Å². The molecule has 3 rings (SSSR count). The molecular formula is C18H18N2OS2. The van der Waals surface area contributed by atoms with Gasteiger partial charge >= 0.3 is 0 Å². The fraction of sp³-hybridized carbons (Fsp3) is 0.222. The van der Waals surface area contributed by atoms with Crippen LogP contribution in [0.25, 0.3) is 0 Å². The van der Waals surface area contributed by atoms with Crippen LogP contribution < -0.4 is 5.32 Å². The van der Waals surface area contributed by atoms with Crippen molar-refractivity contribution in [3.8, 4) is 0 Å². The first-order valence-electron chi connectivity index (χ1n) is 7.45. The zero-order chi connectivity index (χ0) is 16.2. The van der Waals surface area contributed by atoms with E-state index in [-0.39, 0.29) is 5.91 Å². The lowest BCUT2D eigenvalue weighted by molar-refractivity contribution is 0.0950. The highest BCUT2D eigenvalue weighted by atomic mass is 32.1.